The van der Waals surface area contributed by atoms with E-state index in [1.807, 2.05) is 13.0 Å². The van der Waals surface area contributed by atoms with E-state index in [0.29, 0.717) is 6.79 Å². The van der Waals surface area contributed by atoms with Crippen LogP contribution in [0.2, 0.25) is 0 Å². The molecule has 1 aliphatic rings. The lowest BCUT2D eigenvalue weighted by Gasteiger charge is -1.99. The molecule has 0 bridgehead atoms. The lowest BCUT2D eigenvalue weighted by Crippen LogP contribution is -1.94. The first kappa shape index (κ1) is 5.63. The van der Waals surface area contributed by atoms with E-state index in [0.717, 1.165) is 18.8 Å². The van der Waals surface area contributed by atoms with Gasteiger partial charge in [-0.15, -0.1) is 0 Å². The zero-order chi connectivity index (χ0) is 5.82. The van der Waals surface area contributed by atoms with Crippen molar-refractivity contribution in [2.24, 2.45) is 0 Å². The fourth-order valence-electron chi connectivity index (χ4n) is 0.598. The minimum atomic E-state index is 0.419. The summed E-state index contributed by atoms with van der Waals surface area (Å²) in [6.07, 6.45) is 3.01. The van der Waals surface area contributed by atoms with Crippen LogP contribution in [0.25, 0.3) is 0 Å². The van der Waals surface area contributed by atoms with Gasteiger partial charge in [0.05, 0.1) is 12.4 Å². The summed E-state index contributed by atoms with van der Waals surface area (Å²) in [7, 11) is 0. The summed E-state index contributed by atoms with van der Waals surface area (Å²) in [5.74, 6) is 0.975. The zero-order valence-electron chi connectivity index (χ0n) is 5.02. The number of ether oxygens (including phenoxy) is 2. The molecule has 0 aromatic rings. The van der Waals surface area contributed by atoms with Crippen molar-refractivity contribution in [3.63, 3.8) is 0 Å². The maximum atomic E-state index is 5.04. The molecule has 0 unspecified atom stereocenters. The normalized spacial score (nSPS) is 20.9. The molecule has 8 heavy (non-hydrogen) atoms. The van der Waals surface area contributed by atoms with Gasteiger partial charge in [-0.3, -0.25) is 0 Å². The Morgan fingerprint density at radius 2 is 2.50 bits per heavy atom. The van der Waals surface area contributed by atoms with Crippen molar-refractivity contribution in [3.05, 3.63) is 11.8 Å². The summed E-state index contributed by atoms with van der Waals surface area (Å²) in [5, 5.41) is 0. The quantitative estimate of drug-likeness (QED) is 0.472. The van der Waals surface area contributed by atoms with E-state index in [2.05, 4.69) is 0 Å². The Morgan fingerprint density at radius 1 is 1.62 bits per heavy atom. The average Bonchev–Trinajstić information content (AvgIpc) is 1.94. The van der Waals surface area contributed by atoms with Crippen LogP contribution < -0.4 is 0 Å². The van der Waals surface area contributed by atoms with Crippen LogP contribution in [0.1, 0.15) is 13.3 Å². The van der Waals surface area contributed by atoms with Gasteiger partial charge in [-0.05, 0) is 19.4 Å². The summed E-state index contributed by atoms with van der Waals surface area (Å²) in [6, 6.07) is 0. The number of hydrogen-bond acceptors (Lipinski definition) is 2. The predicted molar refractivity (Wildman–Crippen MR) is 30.3 cm³/mol. The largest absolute Gasteiger partial charge is 0.473 e. The highest BCUT2D eigenvalue weighted by Gasteiger charge is 1.94. The lowest BCUT2D eigenvalue weighted by atomic mass is 10.4. The predicted octanol–water partition coefficient (Wildman–Crippen LogP) is 1.28. The van der Waals surface area contributed by atoms with Gasteiger partial charge in [-0.2, -0.15) is 0 Å². The van der Waals surface area contributed by atoms with Crippen molar-refractivity contribution in [1.29, 1.82) is 0 Å². The Balaban J connectivity index is 2.36. The second kappa shape index (κ2) is 2.72. The van der Waals surface area contributed by atoms with Crippen LogP contribution in [0.15, 0.2) is 11.8 Å². The average molecular weight is 114 g/mol. The molecular formula is C6H10O2. The molecule has 0 aromatic carbocycles. The summed E-state index contributed by atoms with van der Waals surface area (Å²) in [4.78, 5) is 0. The van der Waals surface area contributed by atoms with E-state index >= 15 is 0 Å². The van der Waals surface area contributed by atoms with Gasteiger partial charge in [-0.1, -0.05) is 0 Å². The summed E-state index contributed by atoms with van der Waals surface area (Å²) < 4.78 is 10.0. The second-order valence-corrected chi connectivity index (χ2v) is 1.77. The van der Waals surface area contributed by atoms with Crippen LogP contribution in [0.3, 0.4) is 0 Å². The van der Waals surface area contributed by atoms with Gasteiger partial charge < -0.3 is 9.47 Å². The molecule has 46 valence electrons. The zero-order valence-corrected chi connectivity index (χ0v) is 5.02. The van der Waals surface area contributed by atoms with E-state index in [4.69, 9.17) is 9.47 Å². The van der Waals surface area contributed by atoms with Crippen LogP contribution in [0, 0.1) is 0 Å². The lowest BCUT2D eigenvalue weighted by molar-refractivity contribution is -0.0120. The molecule has 1 heterocycles. The smallest absolute Gasteiger partial charge is 0.188 e. The Morgan fingerprint density at radius 3 is 3.38 bits per heavy atom. The third-order valence-electron chi connectivity index (χ3n) is 1.06. The van der Waals surface area contributed by atoms with Crippen molar-refractivity contribution in [2.75, 3.05) is 13.4 Å². The fourth-order valence-corrected chi connectivity index (χ4v) is 0.598. The molecule has 0 radical (unpaired) electrons. The van der Waals surface area contributed by atoms with Gasteiger partial charge in [0, 0.05) is 0 Å². The van der Waals surface area contributed by atoms with Crippen LogP contribution in [-0.4, -0.2) is 13.4 Å². The van der Waals surface area contributed by atoms with E-state index in [9.17, 15) is 0 Å². The highest BCUT2D eigenvalue weighted by Crippen LogP contribution is 2.02. The summed E-state index contributed by atoms with van der Waals surface area (Å²) in [6.45, 7) is 3.15. The number of hydrogen-bond donors (Lipinski definition) is 0. The molecule has 0 spiro atoms. The summed E-state index contributed by atoms with van der Waals surface area (Å²) >= 11 is 0. The first-order chi connectivity index (χ1) is 3.89. The van der Waals surface area contributed by atoms with Crippen LogP contribution in [-0.2, 0) is 9.47 Å². The standard InChI is InChI=1S/C6H10O2/c1-6-3-2-4-7-5-8-6/h3H,2,4-5H2,1H3. The number of rotatable bonds is 0. The van der Waals surface area contributed by atoms with Gasteiger partial charge in [0.15, 0.2) is 6.79 Å². The minimum Gasteiger partial charge on any atom is -0.473 e. The molecule has 0 saturated carbocycles. The SMILES string of the molecule is CC1=CCCOCO1. The van der Waals surface area contributed by atoms with Crippen LogP contribution in [0.5, 0.6) is 0 Å². The van der Waals surface area contributed by atoms with E-state index in [1.54, 1.807) is 0 Å². The molecule has 1 rings (SSSR count). The van der Waals surface area contributed by atoms with Gasteiger partial charge in [0.25, 0.3) is 0 Å². The van der Waals surface area contributed by atoms with Gasteiger partial charge in [0.1, 0.15) is 0 Å². The molecule has 0 saturated heterocycles. The third-order valence-corrected chi connectivity index (χ3v) is 1.06. The molecule has 0 atom stereocenters. The van der Waals surface area contributed by atoms with E-state index < -0.39 is 0 Å². The van der Waals surface area contributed by atoms with Crippen molar-refractivity contribution in [3.8, 4) is 0 Å². The van der Waals surface area contributed by atoms with Gasteiger partial charge >= 0.3 is 0 Å². The molecule has 0 aliphatic carbocycles. The van der Waals surface area contributed by atoms with Crippen molar-refractivity contribution < 1.29 is 9.47 Å². The molecule has 0 fully saturated rings. The molecular weight excluding hydrogens is 104 g/mol. The highest BCUT2D eigenvalue weighted by atomic mass is 16.7. The minimum absolute atomic E-state index is 0.419. The van der Waals surface area contributed by atoms with Crippen LogP contribution >= 0.6 is 0 Å². The maximum Gasteiger partial charge on any atom is 0.188 e. The van der Waals surface area contributed by atoms with Crippen LogP contribution in [0.4, 0.5) is 0 Å². The van der Waals surface area contributed by atoms with E-state index in [1.165, 1.54) is 0 Å². The van der Waals surface area contributed by atoms with Gasteiger partial charge in [-0.25, -0.2) is 0 Å². The molecule has 0 aromatic heterocycles. The fraction of sp³-hybridized carbons (Fsp3) is 0.667. The second-order valence-electron chi connectivity index (χ2n) is 1.77. The van der Waals surface area contributed by atoms with Crippen molar-refractivity contribution in [2.45, 2.75) is 13.3 Å². The number of allylic oxidation sites excluding steroid dienone is 1. The van der Waals surface area contributed by atoms with Crippen molar-refractivity contribution >= 4 is 0 Å². The molecule has 0 N–H and O–H groups in total. The molecule has 0 amide bonds. The van der Waals surface area contributed by atoms with Crippen molar-refractivity contribution in [1.82, 2.24) is 0 Å². The summed E-state index contributed by atoms with van der Waals surface area (Å²) in [5.41, 5.74) is 0. The molecule has 1 aliphatic heterocycles. The first-order valence-electron chi connectivity index (χ1n) is 2.77. The Bertz CT molecular complexity index is 96.7. The first-order valence-corrected chi connectivity index (χ1v) is 2.77. The topological polar surface area (TPSA) is 18.5 Å². The van der Waals surface area contributed by atoms with E-state index in [-0.39, 0.29) is 0 Å². The monoisotopic (exact) mass is 114 g/mol. The molecule has 2 heteroatoms. The highest BCUT2D eigenvalue weighted by molar-refractivity contribution is 4.88. The molecule has 2 nitrogen and oxygen atoms in total. The van der Waals surface area contributed by atoms with Gasteiger partial charge in [0.2, 0.25) is 0 Å². The maximum absolute atomic E-state index is 5.04. The Hall–Kier alpha value is -0.500. The Kier molecular flexibility index (Phi) is 1.92. The third kappa shape index (κ3) is 1.54. The Labute approximate surface area is 49.1 Å².